The Bertz CT molecular complexity index is 581. The fraction of sp³-hybridized carbons (Fsp3) is 0.417. The molecule has 0 amide bonds. The van der Waals surface area contributed by atoms with Gasteiger partial charge in [0.2, 0.25) is 5.60 Å². The molecule has 0 aromatic carbocycles. The van der Waals surface area contributed by atoms with Crippen LogP contribution in [0.25, 0.3) is 5.65 Å². The first-order valence-corrected chi connectivity index (χ1v) is 5.79. The van der Waals surface area contributed by atoms with Gasteiger partial charge in [0.1, 0.15) is 5.65 Å². The lowest BCUT2D eigenvalue weighted by Crippen LogP contribution is -2.56. The molecule has 7 heteroatoms. The fourth-order valence-corrected chi connectivity index (χ4v) is 2.10. The molecule has 0 aliphatic rings. The number of aliphatic hydroxyl groups is 1. The van der Waals surface area contributed by atoms with Crippen LogP contribution in [0.3, 0.4) is 0 Å². The Kier molecular flexibility index (Phi) is 3.27. The molecule has 0 radical (unpaired) electrons. The van der Waals surface area contributed by atoms with E-state index in [1.165, 1.54) is 35.9 Å². The number of imidazole rings is 1. The molecule has 2 unspecified atom stereocenters. The smallest absolute Gasteiger partial charge is 0.374 e. The van der Waals surface area contributed by atoms with Gasteiger partial charge in [-0.3, -0.25) is 0 Å². The van der Waals surface area contributed by atoms with E-state index in [2.05, 4.69) is 4.98 Å². The van der Waals surface area contributed by atoms with Gasteiger partial charge in [0.15, 0.2) is 0 Å². The van der Waals surface area contributed by atoms with Crippen LogP contribution in [0.15, 0.2) is 30.6 Å². The van der Waals surface area contributed by atoms with E-state index in [9.17, 15) is 18.3 Å². The standard InChI is InChI=1S/C12H14F3N3O/c1-2-8(16)11(19,12(13,14)15)9-4-3-5-10-17-6-7-18(9)10/h3-8,19H,2,16H2,1H3. The van der Waals surface area contributed by atoms with Crippen molar-refractivity contribution in [1.29, 1.82) is 0 Å². The summed E-state index contributed by atoms with van der Waals surface area (Å²) >= 11 is 0. The highest BCUT2D eigenvalue weighted by molar-refractivity contribution is 5.42. The third-order valence-corrected chi connectivity index (χ3v) is 3.23. The molecule has 0 aliphatic carbocycles. The summed E-state index contributed by atoms with van der Waals surface area (Å²) in [6.07, 6.45) is -2.15. The highest BCUT2D eigenvalue weighted by atomic mass is 19.4. The molecule has 0 bridgehead atoms. The van der Waals surface area contributed by atoms with Gasteiger partial charge in [-0.15, -0.1) is 0 Å². The zero-order valence-corrected chi connectivity index (χ0v) is 10.2. The van der Waals surface area contributed by atoms with E-state index < -0.39 is 17.8 Å². The van der Waals surface area contributed by atoms with Gasteiger partial charge in [-0.2, -0.15) is 13.2 Å². The Morgan fingerprint density at radius 3 is 2.68 bits per heavy atom. The number of pyridine rings is 1. The number of aromatic nitrogens is 2. The first-order chi connectivity index (χ1) is 8.82. The molecule has 2 atom stereocenters. The maximum absolute atomic E-state index is 13.3. The van der Waals surface area contributed by atoms with Crippen molar-refractivity contribution in [2.75, 3.05) is 0 Å². The molecule has 0 aliphatic heterocycles. The second-order valence-corrected chi connectivity index (χ2v) is 4.35. The summed E-state index contributed by atoms with van der Waals surface area (Å²) in [5.74, 6) is 0. The summed E-state index contributed by atoms with van der Waals surface area (Å²) < 4.78 is 41.1. The second-order valence-electron chi connectivity index (χ2n) is 4.35. The van der Waals surface area contributed by atoms with E-state index in [1.54, 1.807) is 6.07 Å². The topological polar surface area (TPSA) is 63.5 Å². The minimum Gasteiger partial charge on any atom is -0.374 e. The molecule has 104 valence electrons. The maximum Gasteiger partial charge on any atom is 0.424 e. The van der Waals surface area contributed by atoms with Crippen LogP contribution in [0, 0.1) is 0 Å². The second kappa shape index (κ2) is 4.50. The zero-order chi connectivity index (χ0) is 14.3. The maximum atomic E-state index is 13.3. The molecule has 0 spiro atoms. The van der Waals surface area contributed by atoms with Gasteiger partial charge in [0, 0.05) is 18.4 Å². The van der Waals surface area contributed by atoms with Crippen LogP contribution in [0.1, 0.15) is 19.0 Å². The van der Waals surface area contributed by atoms with Gasteiger partial charge < -0.3 is 15.2 Å². The van der Waals surface area contributed by atoms with Crippen LogP contribution in [-0.4, -0.2) is 26.7 Å². The summed E-state index contributed by atoms with van der Waals surface area (Å²) in [5.41, 5.74) is 2.41. The van der Waals surface area contributed by atoms with Crippen molar-refractivity contribution in [3.63, 3.8) is 0 Å². The molecule has 0 saturated heterocycles. The third-order valence-electron chi connectivity index (χ3n) is 3.23. The number of halogens is 3. The van der Waals surface area contributed by atoms with Gasteiger partial charge in [-0.1, -0.05) is 13.0 Å². The molecule has 4 nitrogen and oxygen atoms in total. The monoisotopic (exact) mass is 273 g/mol. The van der Waals surface area contributed by atoms with Crippen molar-refractivity contribution in [3.8, 4) is 0 Å². The Labute approximate surface area is 107 Å². The fourth-order valence-electron chi connectivity index (χ4n) is 2.10. The molecule has 2 heterocycles. The quantitative estimate of drug-likeness (QED) is 0.896. The average molecular weight is 273 g/mol. The van der Waals surface area contributed by atoms with Gasteiger partial charge in [0.05, 0.1) is 5.69 Å². The van der Waals surface area contributed by atoms with Crippen molar-refractivity contribution >= 4 is 5.65 Å². The van der Waals surface area contributed by atoms with Gasteiger partial charge in [0.25, 0.3) is 0 Å². The summed E-state index contributed by atoms with van der Waals surface area (Å²) in [5, 5.41) is 10.2. The molecule has 2 aromatic rings. The summed E-state index contributed by atoms with van der Waals surface area (Å²) in [4.78, 5) is 3.90. The predicted octanol–water partition coefficient (Wildman–Crippen LogP) is 1.82. The number of alkyl halides is 3. The number of nitrogens with two attached hydrogens (primary N) is 1. The lowest BCUT2D eigenvalue weighted by Gasteiger charge is -2.35. The van der Waals surface area contributed by atoms with E-state index in [0.29, 0.717) is 5.65 Å². The Morgan fingerprint density at radius 1 is 1.42 bits per heavy atom. The van der Waals surface area contributed by atoms with Gasteiger partial charge in [-0.05, 0) is 18.6 Å². The van der Waals surface area contributed by atoms with Gasteiger partial charge >= 0.3 is 6.18 Å². The number of fused-ring (bicyclic) bond motifs is 1. The van der Waals surface area contributed by atoms with Crippen LogP contribution in [-0.2, 0) is 5.60 Å². The Balaban J connectivity index is 2.72. The van der Waals surface area contributed by atoms with Crippen molar-refractivity contribution < 1.29 is 18.3 Å². The number of rotatable bonds is 3. The number of hydrogen-bond donors (Lipinski definition) is 2. The van der Waals surface area contributed by atoms with Crippen molar-refractivity contribution in [2.24, 2.45) is 5.73 Å². The molecular formula is C12H14F3N3O. The lowest BCUT2D eigenvalue weighted by atomic mass is 9.88. The third kappa shape index (κ3) is 1.98. The van der Waals surface area contributed by atoms with Crippen molar-refractivity contribution in [1.82, 2.24) is 9.38 Å². The molecular weight excluding hydrogens is 259 g/mol. The molecule has 3 N–H and O–H groups in total. The number of nitrogens with zero attached hydrogens (tertiary/aromatic N) is 2. The number of hydrogen-bond acceptors (Lipinski definition) is 3. The van der Waals surface area contributed by atoms with Crippen LogP contribution in [0.5, 0.6) is 0 Å². The molecule has 2 rings (SSSR count). The Morgan fingerprint density at radius 2 is 2.11 bits per heavy atom. The Hall–Kier alpha value is -1.60. The minimum atomic E-state index is -4.87. The highest BCUT2D eigenvalue weighted by Gasteiger charge is 2.59. The average Bonchev–Trinajstić information content (AvgIpc) is 2.83. The molecule has 0 fully saturated rings. The van der Waals surface area contributed by atoms with E-state index in [1.807, 2.05) is 0 Å². The summed E-state index contributed by atoms with van der Waals surface area (Å²) in [6.45, 7) is 1.50. The van der Waals surface area contributed by atoms with E-state index in [4.69, 9.17) is 5.73 Å². The van der Waals surface area contributed by atoms with Crippen molar-refractivity contribution in [2.45, 2.75) is 31.2 Å². The first-order valence-electron chi connectivity index (χ1n) is 5.79. The van der Waals surface area contributed by atoms with Crippen LogP contribution in [0.4, 0.5) is 13.2 Å². The SMILES string of the molecule is CCC(N)C(O)(c1cccc2nccn12)C(F)(F)F. The van der Waals surface area contributed by atoms with E-state index >= 15 is 0 Å². The van der Waals surface area contributed by atoms with Crippen LogP contribution < -0.4 is 5.73 Å². The normalized spacial score (nSPS) is 17.4. The van der Waals surface area contributed by atoms with E-state index in [0.717, 1.165) is 0 Å². The molecule has 2 aromatic heterocycles. The predicted molar refractivity (Wildman–Crippen MR) is 63.4 cm³/mol. The highest BCUT2D eigenvalue weighted by Crippen LogP contribution is 2.41. The minimum absolute atomic E-state index is 0.0128. The van der Waals surface area contributed by atoms with Crippen LogP contribution in [0.2, 0.25) is 0 Å². The molecule has 19 heavy (non-hydrogen) atoms. The largest absolute Gasteiger partial charge is 0.424 e. The van der Waals surface area contributed by atoms with Crippen LogP contribution >= 0.6 is 0 Å². The zero-order valence-electron chi connectivity index (χ0n) is 10.2. The molecule has 0 saturated carbocycles. The van der Waals surface area contributed by atoms with E-state index in [-0.39, 0.29) is 12.1 Å². The lowest BCUT2D eigenvalue weighted by molar-refractivity contribution is -0.276. The van der Waals surface area contributed by atoms with Gasteiger partial charge in [-0.25, -0.2) is 4.98 Å². The summed E-state index contributed by atoms with van der Waals surface area (Å²) in [7, 11) is 0. The summed E-state index contributed by atoms with van der Waals surface area (Å²) in [6, 6.07) is 2.71. The van der Waals surface area contributed by atoms with Crippen molar-refractivity contribution in [3.05, 3.63) is 36.3 Å². The first kappa shape index (κ1) is 13.8.